The van der Waals surface area contributed by atoms with Crippen molar-refractivity contribution in [2.75, 3.05) is 26.3 Å². The van der Waals surface area contributed by atoms with Crippen molar-refractivity contribution in [1.82, 2.24) is 10.6 Å². The molecule has 0 aromatic heterocycles. The van der Waals surface area contributed by atoms with Crippen LogP contribution in [-0.2, 0) is 9.53 Å². The smallest absolute Gasteiger partial charge is 0.246 e. The van der Waals surface area contributed by atoms with Gasteiger partial charge in [-0.3, -0.25) is 4.79 Å². The van der Waals surface area contributed by atoms with E-state index in [9.17, 15) is 4.79 Å². The monoisotopic (exact) mass is 248 g/mol. The van der Waals surface area contributed by atoms with Crippen molar-refractivity contribution in [2.24, 2.45) is 5.92 Å². The number of hydrogen-bond acceptors (Lipinski definition) is 3. The first-order valence-corrected chi connectivity index (χ1v) is 5.92. The van der Waals surface area contributed by atoms with Crippen molar-refractivity contribution in [3.05, 3.63) is 0 Å². The van der Waals surface area contributed by atoms with Crippen molar-refractivity contribution in [3.63, 3.8) is 0 Å². The maximum Gasteiger partial charge on any atom is 0.246 e. The maximum absolute atomic E-state index is 11.5. The summed E-state index contributed by atoms with van der Waals surface area (Å²) in [6.45, 7) is 3.02. The van der Waals surface area contributed by atoms with Gasteiger partial charge in [0.05, 0.1) is 6.61 Å². The number of carbonyl (C=O) groups is 1. The molecule has 1 saturated carbocycles. The highest BCUT2D eigenvalue weighted by atomic mass is 35.5. The lowest BCUT2D eigenvalue weighted by Gasteiger charge is -2.23. The highest BCUT2D eigenvalue weighted by Gasteiger charge is 2.22. The molecule has 0 atom stereocenters. The van der Waals surface area contributed by atoms with Crippen LogP contribution in [0, 0.1) is 5.92 Å². The molecule has 5 heteroatoms. The van der Waals surface area contributed by atoms with Crippen LogP contribution in [0.1, 0.15) is 25.7 Å². The van der Waals surface area contributed by atoms with Crippen molar-refractivity contribution in [3.8, 4) is 0 Å². The highest BCUT2D eigenvalue weighted by Crippen LogP contribution is 2.28. The Labute approximate surface area is 103 Å². The minimum absolute atomic E-state index is 0. The molecular formula is C11H21ClN2O2. The van der Waals surface area contributed by atoms with Gasteiger partial charge in [0.2, 0.25) is 5.91 Å². The van der Waals surface area contributed by atoms with E-state index in [1.807, 2.05) is 0 Å². The molecule has 16 heavy (non-hydrogen) atoms. The molecule has 0 radical (unpaired) electrons. The summed E-state index contributed by atoms with van der Waals surface area (Å²) in [7, 11) is 0. The van der Waals surface area contributed by atoms with E-state index >= 15 is 0 Å². The van der Waals surface area contributed by atoms with Gasteiger partial charge in [0.1, 0.15) is 6.61 Å². The molecule has 2 rings (SSSR count). The molecule has 1 aliphatic carbocycles. The summed E-state index contributed by atoms with van der Waals surface area (Å²) in [5.41, 5.74) is 0. The maximum atomic E-state index is 11.5. The lowest BCUT2D eigenvalue weighted by atomic mass is 10.1. The number of amides is 1. The fourth-order valence-corrected chi connectivity index (χ4v) is 1.84. The topological polar surface area (TPSA) is 50.4 Å². The number of carbonyl (C=O) groups excluding carboxylic acids is 1. The van der Waals surface area contributed by atoms with Crippen molar-refractivity contribution < 1.29 is 9.53 Å². The molecule has 4 nitrogen and oxygen atoms in total. The van der Waals surface area contributed by atoms with Gasteiger partial charge in [-0.15, -0.1) is 12.4 Å². The number of piperidine rings is 1. The molecular weight excluding hydrogens is 228 g/mol. The van der Waals surface area contributed by atoms with Crippen LogP contribution >= 0.6 is 12.4 Å². The second-order valence-corrected chi connectivity index (χ2v) is 4.55. The van der Waals surface area contributed by atoms with Crippen LogP contribution < -0.4 is 10.6 Å². The predicted molar refractivity (Wildman–Crippen MR) is 64.8 cm³/mol. The summed E-state index contributed by atoms with van der Waals surface area (Å²) in [5, 5.41) is 6.28. The molecule has 1 aliphatic heterocycles. The minimum atomic E-state index is 0. The van der Waals surface area contributed by atoms with Gasteiger partial charge in [-0.2, -0.15) is 0 Å². The van der Waals surface area contributed by atoms with Crippen LogP contribution in [0.15, 0.2) is 0 Å². The minimum Gasteiger partial charge on any atom is -0.371 e. The summed E-state index contributed by atoms with van der Waals surface area (Å²) >= 11 is 0. The van der Waals surface area contributed by atoms with Crippen LogP contribution in [-0.4, -0.2) is 38.3 Å². The largest absolute Gasteiger partial charge is 0.371 e. The van der Waals surface area contributed by atoms with E-state index in [0.29, 0.717) is 6.04 Å². The van der Waals surface area contributed by atoms with Crippen LogP contribution in [0.5, 0.6) is 0 Å². The predicted octanol–water partition coefficient (Wildman–Crippen LogP) is 0.703. The molecule has 2 N–H and O–H groups in total. The van der Waals surface area contributed by atoms with Crippen LogP contribution in [0.2, 0.25) is 0 Å². The Balaban J connectivity index is 0.00000128. The summed E-state index contributed by atoms with van der Waals surface area (Å²) in [6.07, 6.45) is 4.62. The average Bonchev–Trinajstić information content (AvgIpc) is 3.03. The Morgan fingerprint density at radius 1 is 1.25 bits per heavy atom. The van der Waals surface area contributed by atoms with Crippen molar-refractivity contribution in [2.45, 2.75) is 31.7 Å². The first-order valence-electron chi connectivity index (χ1n) is 5.92. The van der Waals surface area contributed by atoms with Gasteiger partial charge in [0.25, 0.3) is 0 Å². The number of hydrogen-bond donors (Lipinski definition) is 2. The van der Waals surface area contributed by atoms with E-state index in [2.05, 4.69) is 10.6 Å². The Kier molecular flexibility index (Phi) is 6.09. The second kappa shape index (κ2) is 7.09. The molecule has 1 heterocycles. The van der Waals surface area contributed by atoms with Crippen LogP contribution in [0.4, 0.5) is 0 Å². The van der Waals surface area contributed by atoms with Crippen LogP contribution in [0.3, 0.4) is 0 Å². The first-order chi connectivity index (χ1) is 7.34. The zero-order chi connectivity index (χ0) is 10.5. The first kappa shape index (κ1) is 13.7. The summed E-state index contributed by atoms with van der Waals surface area (Å²) < 4.78 is 5.33. The molecule has 0 aromatic rings. The number of halogens is 1. The second-order valence-electron chi connectivity index (χ2n) is 4.55. The third-order valence-corrected chi connectivity index (χ3v) is 2.99. The van der Waals surface area contributed by atoms with Crippen molar-refractivity contribution in [1.29, 1.82) is 0 Å². The molecule has 2 aliphatic rings. The van der Waals surface area contributed by atoms with E-state index in [4.69, 9.17) is 4.74 Å². The summed E-state index contributed by atoms with van der Waals surface area (Å²) in [6, 6.07) is 0.350. The van der Waals surface area contributed by atoms with E-state index in [1.54, 1.807) is 0 Å². The van der Waals surface area contributed by atoms with Crippen molar-refractivity contribution >= 4 is 18.3 Å². The zero-order valence-corrected chi connectivity index (χ0v) is 10.4. The van der Waals surface area contributed by atoms with E-state index in [0.717, 1.165) is 38.5 Å². The Hall–Kier alpha value is -0.320. The van der Waals surface area contributed by atoms with E-state index < -0.39 is 0 Å². The fourth-order valence-electron chi connectivity index (χ4n) is 1.84. The Morgan fingerprint density at radius 3 is 2.56 bits per heavy atom. The summed E-state index contributed by atoms with van der Waals surface area (Å²) in [4.78, 5) is 11.5. The standard InChI is InChI=1S/C11H20N2O2.ClH/c14-11(8-15-7-9-1-2-9)13-10-3-5-12-6-4-10;/h9-10,12H,1-8H2,(H,13,14);1H. The molecule has 0 bridgehead atoms. The third-order valence-electron chi connectivity index (χ3n) is 2.99. The van der Waals surface area contributed by atoms with Gasteiger partial charge >= 0.3 is 0 Å². The average molecular weight is 249 g/mol. The third kappa shape index (κ3) is 5.14. The Morgan fingerprint density at radius 2 is 1.94 bits per heavy atom. The van der Waals surface area contributed by atoms with Gasteiger partial charge in [0, 0.05) is 6.04 Å². The number of rotatable bonds is 5. The van der Waals surface area contributed by atoms with E-state index in [-0.39, 0.29) is 24.9 Å². The summed E-state index contributed by atoms with van der Waals surface area (Å²) in [5.74, 6) is 0.777. The lowest BCUT2D eigenvalue weighted by molar-refractivity contribution is -0.126. The van der Waals surface area contributed by atoms with Gasteiger partial charge in [-0.25, -0.2) is 0 Å². The quantitative estimate of drug-likeness (QED) is 0.753. The van der Waals surface area contributed by atoms with Gasteiger partial charge in [-0.1, -0.05) is 0 Å². The lowest BCUT2D eigenvalue weighted by Crippen LogP contribution is -2.44. The van der Waals surface area contributed by atoms with Crippen LogP contribution in [0.25, 0.3) is 0 Å². The van der Waals surface area contributed by atoms with Gasteiger partial charge in [-0.05, 0) is 44.7 Å². The molecule has 2 fully saturated rings. The fraction of sp³-hybridized carbons (Fsp3) is 0.909. The molecule has 0 spiro atoms. The van der Waals surface area contributed by atoms with E-state index in [1.165, 1.54) is 12.8 Å². The Bertz CT molecular complexity index is 216. The molecule has 0 aromatic carbocycles. The highest BCUT2D eigenvalue weighted by molar-refractivity contribution is 5.85. The normalized spacial score (nSPS) is 21.2. The van der Waals surface area contributed by atoms with Gasteiger partial charge < -0.3 is 15.4 Å². The SMILES string of the molecule is Cl.O=C(COCC1CC1)NC1CCNCC1. The molecule has 94 valence electrons. The van der Waals surface area contributed by atoms with Gasteiger partial charge in [0.15, 0.2) is 0 Å². The number of nitrogens with one attached hydrogen (secondary N) is 2. The number of ether oxygens (including phenoxy) is 1. The zero-order valence-electron chi connectivity index (χ0n) is 9.54. The molecule has 0 unspecified atom stereocenters. The molecule has 1 amide bonds. The molecule has 1 saturated heterocycles.